The van der Waals surface area contributed by atoms with E-state index in [-0.39, 0.29) is 17.4 Å². The molecule has 0 spiro atoms. The van der Waals surface area contributed by atoms with E-state index < -0.39 is 17.0 Å². The van der Waals surface area contributed by atoms with Gasteiger partial charge in [-0.1, -0.05) is 72.8 Å². The van der Waals surface area contributed by atoms with Crippen molar-refractivity contribution in [1.29, 1.82) is 0 Å². The molecule has 2 atom stereocenters. The van der Waals surface area contributed by atoms with Gasteiger partial charge in [0.05, 0.1) is 11.0 Å². The van der Waals surface area contributed by atoms with Gasteiger partial charge in [0.2, 0.25) is 5.91 Å². The lowest BCUT2D eigenvalue weighted by atomic mass is 10.0. The minimum absolute atomic E-state index is 0.0717. The number of carbonyl (C=O) groups is 2. The zero-order valence-corrected chi connectivity index (χ0v) is 15.9. The third-order valence-electron chi connectivity index (χ3n) is 5.03. The molecule has 3 aromatic carbocycles. The predicted octanol–water partition coefficient (Wildman–Crippen LogP) is 4.44. The molecule has 6 nitrogen and oxygen atoms in total. The summed E-state index contributed by atoms with van der Waals surface area (Å²) in [6, 6.07) is 23.0. The van der Waals surface area contributed by atoms with Crippen molar-refractivity contribution in [1.82, 2.24) is 4.90 Å². The number of non-ortho nitro benzene ring substituents is 1. The van der Waals surface area contributed by atoms with Gasteiger partial charge in [0.25, 0.3) is 5.69 Å². The van der Waals surface area contributed by atoms with Crippen molar-refractivity contribution in [3.05, 3.63) is 118 Å². The maximum absolute atomic E-state index is 13.0. The molecule has 3 aromatic rings. The molecule has 0 N–H and O–H groups in total. The Morgan fingerprint density at radius 3 is 2.23 bits per heavy atom. The number of ketones is 1. The summed E-state index contributed by atoms with van der Waals surface area (Å²) in [6.07, 6.45) is 3.12. The lowest BCUT2D eigenvalue weighted by molar-refractivity contribution is -0.384. The number of carbonyl (C=O) groups excluding carboxylic acids is 2. The normalized spacial score (nSPS) is 17.7. The fraction of sp³-hybridized carbons (Fsp3) is 0.0833. The number of benzene rings is 3. The molecule has 30 heavy (non-hydrogen) atoms. The molecule has 0 aromatic heterocycles. The van der Waals surface area contributed by atoms with Gasteiger partial charge >= 0.3 is 0 Å². The van der Waals surface area contributed by atoms with Crippen LogP contribution >= 0.6 is 0 Å². The number of hydrogen-bond acceptors (Lipinski definition) is 4. The first kappa shape index (κ1) is 19.3. The van der Waals surface area contributed by atoms with Crippen molar-refractivity contribution in [2.24, 2.45) is 0 Å². The Kier molecular flexibility index (Phi) is 5.22. The van der Waals surface area contributed by atoms with Gasteiger partial charge in [0.1, 0.15) is 6.04 Å². The van der Waals surface area contributed by atoms with Crippen LogP contribution in [-0.2, 0) is 4.79 Å². The van der Waals surface area contributed by atoms with E-state index in [9.17, 15) is 19.7 Å². The number of hydrogen-bond donors (Lipinski definition) is 0. The fourth-order valence-corrected chi connectivity index (χ4v) is 3.53. The monoisotopic (exact) mass is 398 g/mol. The van der Waals surface area contributed by atoms with Gasteiger partial charge < -0.3 is 4.90 Å². The van der Waals surface area contributed by atoms with E-state index in [1.807, 2.05) is 36.4 Å². The summed E-state index contributed by atoms with van der Waals surface area (Å²) in [5.74, 6) is -0.502. The molecule has 1 saturated heterocycles. The maximum atomic E-state index is 13.0. The zero-order chi connectivity index (χ0) is 21.1. The number of amides is 1. The number of nitrogens with zero attached hydrogens (tertiary/aromatic N) is 2. The maximum Gasteiger partial charge on any atom is 0.269 e. The number of nitro groups is 1. The first-order chi connectivity index (χ1) is 14.6. The second-order valence-corrected chi connectivity index (χ2v) is 6.96. The van der Waals surface area contributed by atoms with Crippen molar-refractivity contribution in [3.63, 3.8) is 0 Å². The largest absolute Gasteiger partial charge is 0.317 e. The molecule has 4 rings (SSSR count). The van der Waals surface area contributed by atoms with Crippen LogP contribution in [0, 0.1) is 10.1 Å². The Balaban J connectivity index is 1.64. The molecule has 148 valence electrons. The van der Waals surface area contributed by atoms with Crippen LogP contribution in [0.5, 0.6) is 0 Å². The highest BCUT2D eigenvalue weighted by Gasteiger charge is 2.55. The van der Waals surface area contributed by atoms with E-state index in [1.165, 1.54) is 23.1 Å². The van der Waals surface area contributed by atoms with Gasteiger partial charge in [-0.3, -0.25) is 19.7 Å². The van der Waals surface area contributed by atoms with Gasteiger partial charge in [-0.25, -0.2) is 0 Å². The molecule has 0 unspecified atom stereocenters. The third-order valence-corrected chi connectivity index (χ3v) is 5.03. The minimum atomic E-state index is -0.692. The Morgan fingerprint density at radius 1 is 0.900 bits per heavy atom. The first-order valence-corrected chi connectivity index (χ1v) is 9.45. The van der Waals surface area contributed by atoms with E-state index in [1.54, 1.807) is 42.5 Å². The zero-order valence-electron chi connectivity index (χ0n) is 15.9. The summed E-state index contributed by atoms with van der Waals surface area (Å²) >= 11 is 0. The molecule has 0 saturated carbocycles. The van der Waals surface area contributed by atoms with Crippen LogP contribution in [0.1, 0.15) is 27.5 Å². The van der Waals surface area contributed by atoms with Gasteiger partial charge in [-0.05, 0) is 17.2 Å². The van der Waals surface area contributed by atoms with E-state index in [0.717, 1.165) is 5.56 Å². The van der Waals surface area contributed by atoms with Crippen LogP contribution in [-0.4, -0.2) is 27.6 Å². The molecule has 1 fully saturated rings. The molecule has 1 aliphatic heterocycles. The molecule has 0 bridgehead atoms. The number of nitro benzene ring substituents is 1. The molecule has 1 aliphatic rings. The summed E-state index contributed by atoms with van der Waals surface area (Å²) in [5.41, 5.74) is 1.86. The van der Waals surface area contributed by atoms with Crippen molar-refractivity contribution in [3.8, 4) is 0 Å². The van der Waals surface area contributed by atoms with Gasteiger partial charge in [-0.15, -0.1) is 0 Å². The highest BCUT2D eigenvalue weighted by atomic mass is 16.6. The minimum Gasteiger partial charge on any atom is -0.317 e. The van der Waals surface area contributed by atoms with E-state index >= 15 is 0 Å². The lowest BCUT2D eigenvalue weighted by Crippen LogP contribution is -2.17. The Morgan fingerprint density at radius 2 is 1.57 bits per heavy atom. The quantitative estimate of drug-likeness (QED) is 0.202. The number of Topliss-reactive ketones (excluding diaryl/α,β-unsaturated/α-hetero) is 1. The second kappa shape index (κ2) is 8.13. The smallest absolute Gasteiger partial charge is 0.269 e. The highest BCUT2D eigenvalue weighted by Crippen LogP contribution is 2.45. The summed E-state index contributed by atoms with van der Waals surface area (Å²) in [5, 5.41) is 11.2. The van der Waals surface area contributed by atoms with Crippen molar-refractivity contribution in [2.45, 2.75) is 12.1 Å². The molecule has 1 heterocycles. The lowest BCUT2D eigenvalue weighted by Gasteiger charge is -2.01. The summed E-state index contributed by atoms with van der Waals surface area (Å²) < 4.78 is 0. The summed E-state index contributed by atoms with van der Waals surface area (Å²) in [7, 11) is 0. The standard InChI is InChI=1S/C24H18N2O4/c27-21(15-14-17-8-3-1-4-9-17)25-22(19-12-7-13-20(16-19)26(29)30)23(25)24(28)18-10-5-2-6-11-18/h1-16,22-23H/b15-14+/t22-,23+,25?/m1/s1. The summed E-state index contributed by atoms with van der Waals surface area (Å²) in [4.78, 5) is 38.1. The average molecular weight is 398 g/mol. The van der Waals surface area contributed by atoms with Crippen LogP contribution in [0.25, 0.3) is 6.08 Å². The second-order valence-electron chi connectivity index (χ2n) is 6.96. The van der Waals surface area contributed by atoms with Crippen molar-refractivity contribution in [2.75, 3.05) is 0 Å². The molecular weight excluding hydrogens is 380 g/mol. The molecule has 6 heteroatoms. The molecule has 0 aliphatic carbocycles. The molecule has 1 amide bonds. The SMILES string of the molecule is O=C(c1ccccc1)[C@@H]1[C@@H](c2cccc([N+](=O)[O-])c2)N1C(=O)/C=C/c1ccccc1. The van der Waals surface area contributed by atoms with E-state index in [2.05, 4.69) is 0 Å². The van der Waals surface area contributed by atoms with Crippen molar-refractivity contribution >= 4 is 23.5 Å². The molecular formula is C24H18N2O4. The van der Waals surface area contributed by atoms with E-state index in [4.69, 9.17) is 0 Å². The van der Waals surface area contributed by atoms with E-state index in [0.29, 0.717) is 11.1 Å². The van der Waals surface area contributed by atoms with Gasteiger partial charge in [0.15, 0.2) is 5.78 Å². The van der Waals surface area contributed by atoms with Crippen molar-refractivity contribution < 1.29 is 14.5 Å². The Labute approximate surface area is 173 Å². The third kappa shape index (κ3) is 3.89. The van der Waals surface area contributed by atoms with Crippen LogP contribution < -0.4 is 0 Å². The topological polar surface area (TPSA) is 80.3 Å². The number of rotatable bonds is 6. The van der Waals surface area contributed by atoms with Gasteiger partial charge in [-0.2, -0.15) is 0 Å². The van der Waals surface area contributed by atoms with Crippen LogP contribution in [0.15, 0.2) is 91.0 Å². The van der Waals surface area contributed by atoms with Crippen LogP contribution in [0.2, 0.25) is 0 Å². The van der Waals surface area contributed by atoms with Gasteiger partial charge in [0, 0.05) is 23.8 Å². The van der Waals surface area contributed by atoms with Crippen LogP contribution in [0.4, 0.5) is 5.69 Å². The predicted molar refractivity (Wildman–Crippen MR) is 113 cm³/mol. The fourth-order valence-electron chi connectivity index (χ4n) is 3.53. The Bertz CT molecular complexity index is 1130. The van der Waals surface area contributed by atoms with Crippen LogP contribution in [0.3, 0.4) is 0 Å². The first-order valence-electron chi connectivity index (χ1n) is 9.45. The summed E-state index contributed by atoms with van der Waals surface area (Å²) in [6.45, 7) is 0. The molecule has 0 radical (unpaired) electrons. The highest BCUT2D eigenvalue weighted by molar-refractivity contribution is 6.08. The average Bonchev–Trinajstić information content (AvgIpc) is 3.54. The Hall–Kier alpha value is -4.06.